The van der Waals surface area contributed by atoms with E-state index in [0.29, 0.717) is 25.0 Å². The normalized spacial score (nSPS) is 23.3. The van der Waals surface area contributed by atoms with E-state index in [0.717, 1.165) is 23.8 Å². The number of amides is 1. The zero-order valence-corrected chi connectivity index (χ0v) is 15.0. The molecule has 2 rings (SSSR count). The molecule has 22 heavy (non-hydrogen) atoms. The van der Waals surface area contributed by atoms with E-state index in [-0.39, 0.29) is 12.0 Å². The minimum atomic E-state index is 0.00350. The van der Waals surface area contributed by atoms with Crippen LogP contribution in [0.1, 0.15) is 37.6 Å². The molecule has 0 saturated carbocycles. The summed E-state index contributed by atoms with van der Waals surface area (Å²) in [5.41, 5.74) is 0.859. The van der Waals surface area contributed by atoms with Gasteiger partial charge in [0.2, 0.25) is 5.91 Å². The van der Waals surface area contributed by atoms with Crippen LogP contribution < -0.4 is 0 Å². The van der Waals surface area contributed by atoms with Crippen molar-refractivity contribution in [3.8, 4) is 0 Å². The average molecular weight is 325 g/mol. The van der Waals surface area contributed by atoms with Crippen molar-refractivity contribution in [1.29, 1.82) is 0 Å². The molecule has 6 heteroatoms. The number of ether oxygens (including phenoxy) is 1. The number of rotatable bonds is 6. The summed E-state index contributed by atoms with van der Waals surface area (Å²) in [6.07, 6.45) is 0.395. The SMILES string of the molecule is CCO[C@H](C)c1nc(CC(=O)N2C[C@@H](C)[C@H](N(C)C)C2)cs1. The van der Waals surface area contributed by atoms with E-state index in [4.69, 9.17) is 4.74 Å². The Labute approximate surface area is 137 Å². The number of aromatic nitrogens is 1. The highest BCUT2D eigenvalue weighted by Gasteiger charge is 2.33. The van der Waals surface area contributed by atoms with Crippen LogP contribution in [0, 0.1) is 5.92 Å². The molecule has 0 N–H and O–H groups in total. The van der Waals surface area contributed by atoms with Crippen LogP contribution in [0.3, 0.4) is 0 Å². The molecule has 0 spiro atoms. The van der Waals surface area contributed by atoms with Crippen molar-refractivity contribution in [3.05, 3.63) is 16.1 Å². The van der Waals surface area contributed by atoms with Gasteiger partial charge in [-0.2, -0.15) is 0 Å². The lowest BCUT2D eigenvalue weighted by Crippen LogP contribution is -2.36. The van der Waals surface area contributed by atoms with Crippen molar-refractivity contribution >= 4 is 17.2 Å². The molecule has 1 aliphatic heterocycles. The van der Waals surface area contributed by atoms with Crippen molar-refractivity contribution in [2.24, 2.45) is 5.92 Å². The topological polar surface area (TPSA) is 45.7 Å². The highest BCUT2D eigenvalue weighted by molar-refractivity contribution is 7.09. The molecule has 0 unspecified atom stereocenters. The van der Waals surface area contributed by atoms with Gasteiger partial charge >= 0.3 is 0 Å². The van der Waals surface area contributed by atoms with E-state index in [2.05, 4.69) is 30.9 Å². The molecule has 2 heterocycles. The summed E-state index contributed by atoms with van der Waals surface area (Å²) in [5.74, 6) is 0.694. The molecule has 0 aliphatic carbocycles. The lowest BCUT2D eigenvalue weighted by atomic mass is 10.1. The first-order valence-electron chi connectivity index (χ1n) is 7.92. The first-order valence-corrected chi connectivity index (χ1v) is 8.80. The largest absolute Gasteiger partial charge is 0.372 e. The van der Waals surface area contributed by atoms with Gasteiger partial charge in [0.15, 0.2) is 0 Å². The van der Waals surface area contributed by atoms with Crippen LogP contribution in [-0.2, 0) is 16.0 Å². The van der Waals surface area contributed by atoms with Crippen LogP contribution in [0.2, 0.25) is 0 Å². The van der Waals surface area contributed by atoms with Gasteiger partial charge in [-0.15, -0.1) is 11.3 Å². The highest BCUT2D eigenvalue weighted by Crippen LogP contribution is 2.23. The number of hydrogen-bond acceptors (Lipinski definition) is 5. The van der Waals surface area contributed by atoms with E-state index >= 15 is 0 Å². The number of carbonyl (C=O) groups excluding carboxylic acids is 1. The molecule has 1 aliphatic rings. The fraction of sp³-hybridized carbons (Fsp3) is 0.750. The Kier molecular flexibility index (Phi) is 5.94. The quantitative estimate of drug-likeness (QED) is 0.804. The van der Waals surface area contributed by atoms with Crippen LogP contribution >= 0.6 is 11.3 Å². The summed E-state index contributed by atoms with van der Waals surface area (Å²) in [6.45, 7) is 8.52. The summed E-state index contributed by atoms with van der Waals surface area (Å²) in [6, 6.07) is 0.452. The number of carbonyl (C=O) groups is 1. The molecule has 1 saturated heterocycles. The predicted molar refractivity (Wildman–Crippen MR) is 89.1 cm³/mol. The summed E-state index contributed by atoms with van der Waals surface area (Å²) in [7, 11) is 4.16. The third kappa shape index (κ3) is 4.06. The van der Waals surface area contributed by atoms with E-state index in [1.807, 2.05) is 24.1 Å². The van der Waals surface area contributed by atoms with E-state index in [1.165, 1.54) is 0 Å². The van der Waals surface area contributed by atoms with Gasteiger partial charge in [-0.3, -0.25) is 4.79 Å². The zero-order valence-electron chi connectivity index (χ0n) is 14.2. The van der Waals surface area contributed by atoms with Gasteiger partial charge in [-0.05, 0) is 33.9 Å². The minimum absolute atomic E-state index is 0.00350. The van der Waals surface area contributed by atoms with E-state index in [1.54, 1.807) is 11.3 Å². The van der Waals surface area contributed by atoms with Crippen molar-refractivity contribution in [1.82, 2.24) is 14.8 Å². The van der Waals surface area contributed by atoms with Gasteiger partial charge in [-0.25, -0.2) is 4.98 Å². The molecular weight excluding hydrogens is 298 g/mol. The second kappa shape index (κ2) is 7.53. The standard InChI is InChI=1S/C16H27N3O2S/c1-6-21-12(3)16-17-13(10-22-16)7-15(20)19-8-11(2)14(9-19)18(4)5/h10-12,14H,6-9H2,1-5H3/t11-,12-,14-/m1/s1. The smallest absolute Gasteiger partial charge is 0.228 e. The summed E-state index contributed by atoms with van der Waals surface area (Å²) < 4.78 is 5.55. The van der Waals surface area contributed by atoms with Gasteiger partial charge in [0.25, 0.3) is 0 Å². The minimum Gasteiger partial charge on any atom is -0.372 e. The van der Waals surface area contributed by atoms with Crippen molar-refractivity contribution in [2.75, 3.05) is 33.8 Å². The number of thiazole rings is 1. The fourth-order valence-electron chi connectivity index (χ4n) is 3.00. The first kappa shape index (κ1) is 17.4. The summed E-state index contributed by atoms with van der Waals surface area (Å²) in [4.78, 5) is 21.2. The number of nitrogens with zero attached hydrogens (tertiary/aromatic N) is 3. The molecule has 0 bridgehead atoms. The summed E-state index contributed by atoms with van der Waals surface area (Å²) >= 11 is 1.57. The lowest BCUT2D eigenvalue weighted by Gasteiger charge is -2.22. The van der Waals surface area contributed by atoms with Gasteiger partial charge in [0.05, 0.1) is 12.1 Å². The average Bonchev–Trinajstić information content (AvgIpc) is 3.05. The Bertz CT molecular complexity index is 503. The number of hydrogen-bond donors (Lipinski definition) is 0. The second-order valence-electron chi connectivity index (χ2n) is 6.26. The molecule has 3 atom stereocenters. The van der Waals surface area contributed by atoms with Crippen LogP contribution in [0.5, 0.6) is 0 Å². The third-order valence-corrected chi connectivity index (χ3v) is 5.31. The molecular formula is C16H27N3O2S. The van der Waals surface area contributed by atoms with E-state index < -0.39 is 0 Å². The van der Waals surface area contributed by atoms with Crippen LogP contribution in [0.4, 0.5) is 0 Å². The monoisotopic (exact) mass is 325 g/mol. The Morgan fingerprint density at radius 2 is 2.27 bits per heavy atom. The molecule has 1 fully saturated rings. The lowest BCUT2D eigenvalue weighted by molar-refractivity contribution is -0.129. The number of likely N-dealkylation sites (tertiary alicyclic amines) is 1. The Morgan fingerprint density at radius 3 is 2.86 bits per heavy atom. The van der Waals surface area contributed by atoms with E-state index in [9.17, 15) is 4.79 Å². The van der Waals surface area contributed by atoms with Gasteiger partial charge in [-0.1, -0.05) is 6.92 Å². The predicted octanol–water partition coefficient (Wildman–Crippen LogP) is 2.19. The molecule has 0 radical (unpaired) electrons. The fourth-order valence-corrected chi connectivity index (χ4v) is 3.83. The molecule has 0 aromatic carbocycles. The molecule has 1 aromatic heterocycles. The maximum absolute atomic E-state index is 12.5. The van der Waals surface area contributed by atoms with Gasteiger partial charge in [0, 0.05) is 31.1 Å². The van der Waals surface area contributed by atoms with Crippen LogP contribution in [-0.4, -0.2) is 60.5 Å². The molecule has 1 amide bonds. The molecule has 1 aromatic rings. The molecule has 5 nitrogen and oxygen atoms in total. The number of likely N-dealkylation sites (N-methyl/N-ethyl adjacent to an activating group) is 1. The Hall–Kier alpha value is -0.980. The Morgan fingerprint density at radius 1 is 1.55 bits per heavy atom. The summed E-state index contributed by atoms with van der Waals surface area (Å²) in [5, 5.41) is 2.93. The van der Waals surface area contributed by atoms with Crippen molar-refractivity contribution in [3.63, 3.8) is 0 Å². The van der Waals surface area contributed by atoms with Crippen LogP contribution in [0.25, 0.3) is 0 Å². The Balaban J connectivity index is 1.93. The van der Waals surface area contributed by atoms with Gasteiger partial charge in [0.1, 0.15) is 11.1 Å². The third-order valence-electron chi connectivity index (χ3n) is 4.25. The zero-order chi connectivity index (χ0) is 16.3. The highest BCUT2D eigenvalue weighted by atomic mass is 32.1. The second-order valence-corrected chi connectivity index (χ2v) is 7.15. The van der Waals surface area contributed by atoms with Gasteiger partial charge < -0.3 is 14.5 Å². The maximum atomic E-state index is 12.5. The maximum Gasteiger partial charge on any atom is 0.228 e. The van der Waals surface area contributed by atoms with Crippen molar-refractivity contribution < 1.29 is 9.53 Å². The molecule has 124 valence electrons. The van der Waals surface area contributed by atoms with Crippen molar-refractivity contribution in [2.45, 2.75) is 39.3 Å². The first-order chi connectivity index (χ1) is 10.4. The van der Waals surface area contributed by atoms with Crippen LogP contribution in [0.15, 0.2) is 5.38 Å².